The molecule has 22 heavy (non-hydrogen) atoms. The highest BCUT2D eigenvalue weighted by Gasteiger charge is 2.14. The van der Waals surface area contributed by atoms with Crippen LogP contribution in [0.4, 0.5) is 5.69 Å². The summed E-state index contributed by atoms with van der Waals surface area (Å²) in [5, 5.41) is 2.87. The number of nitrogens with zero attached hydrogens (tertiary/aromatic N) is 1. The van der Waals surface area contributed by atoms with Crippen LogP contribution in [0.5, 0.6) is 11.5 Å². The van der Waals surface area contributed by atoms with Gasteiger partial charge in [-0.2, -0.15) is 0 Å². The number of hydrogen-bond acceptors (Lipinski definition) is 3. The molecule has 1 aliphatic heterocycles. The number of carbonyl (C=O) groups excluding carboxylic acids is 1. The van der Waals surface area contributed by atoms with Gasteiger partial charge in [-0.1, -0.05) is 0 Å². The Balaban J connectivity index is 0.00000176. The van der Waals surface area contributed by atoms with E-state index in [1.54, 1.807) is 12.1 Å². The minimum atomic E-state index is -0.0260. The summed E-state index contributed by atoms with van der Waals surface area (Å²) in [5.74, 6) is 1.35. The average Bonchev–Trinajstić information content (AvgIpc) is 2.94. The number of fused-ring (bicyclic) bond motifs is 1. The first-order chi connectivity index (χ1) is 10.2. The first kappa shape index (κ1) is 16.3. The Morgan fingerprint density at radius 2 is 1.91 bits per heavy atom. The largest absolute Gasteiger partial charge is 1.00 e. The quantitative estimate of drug-likeness (QED) is 0.711. The Kier molecular flexibility index (Phi) is 5.38. The molecule has 0 radical (unpaired) electrons. The Morgan fingerprint density at radius 3 is 2.68 bits per heavy atom. The zero-order chi connectivity index (χ0) is 14.7. The third-order valence-corrected chi connectivity index (χ3v) is 3.31. The van der Waals surface area contributed by atoms with Gasteiger partial charge in [0.05, 0.1) is 6.42 Å². The van der Waals surface area contributed by atoms with E-state index < -0.39 is 0 Å². The molecule has 0 aliphatic carbocycles. The van der Waals surface area contributed by atoms with Gasteiger partial charge in [-0.15, -0.1) is 0 Å². The number of aromatic nitrogens is 1. The van der Waals surface area contributed by atoms with Crippen molar-refractivity contribution in [3.8, 4) is 11.5 Å². The molecule has 0 bridgehead atoms. The maximum absolute atomic E-state index is 12.0. The zero-order valence-electron chi connectivity index (χ0n) is 12.2. The van der Waals surface area contributed by atoms with Gasteiger partial charge >= 0.3 is 0 Å². The molecule has 0 saturated carbocycles. The number of pyridine rings is 1. The van der Waals surface area contributed by atoms with Gasteiger partial charge in [-0.25, -0.2) is 4.57 Å². The van der Waals surface area contributed by atoms with E-state index in [1.807, 2.05) is 42.1 Å². The van der Waals surface area contributed by atoms with Crippen LogP contribution in [0.3, 0.4) is 0 Å². The molecule has 1 aromatic carbocycles. The maximum atomic E-state index is 12.0. The van der Waals surface area contributed by atoms with Crippen molar-refractivity contribution in [2.45, 2.75) is 19.9 Å². The first-order valence-corrected chi connectivity index (χ1v) is 6.86. The third kappa shape index (κ3) is 3.98. The van der Waals surface area contributed by atoms with E-state index in [0.29, 0.717) is 24.5 Å². The van der Waals surface area contributed by atoms with Gasteiger partial charge in [0.25, 0.3) is 0 Å². The first-order valence-electron chi connectivity index (χ1n) is 6.86. The van der Waals surface area contributed by atoms with Crippen LogP contribution in [0.2, 0.25) is 0 Å². The van der Waals surface area contributed by atoms with Crippen molar-refractivity contribution in [2.24, 2.45) is 0 Å². The Bertz CT molecular complexity index is 659. The van der Waals surface area contributed by atoms with Gasteiger partial charge in [-0.05, 0) is 24.6 Å². The van der Waals surface area contributed by atoms with Crippen LogP contribution in [0.25, 0.3) is 0 Å². The summed E-state index contributed by atoms with van der Waals surface area (Å²) < 4.78 is 12.5. The Labute approximate surface area is 139 Å². The molecule has 0 unspecified atom stereocenters. The molecular formula is C16H17BrN2O3. The van der Waals surface area contributed by atoms with Crippen LogP contribution in [0.15, 0.2) is 42.7 Å². The van der Waals surface area contributed by atoms with E-state index in [2.05, 4.69) is 5.32 Å². The van der Waals surface area contributed by atoms with Crippen molar-refractivity contribution in [3.63, 3.8) is 0 Å². The van der Waals surface area contributed by atoms with E-state index in [9.17, 15) is 4.79 Å². The lowest BCUT2D eigenvalue weighted by molar-refractivity contribution is -0.695. The van der Waals surface area contributed by atoms with E-state index in [4.69, 9.17) is 9.47 Å². The van der Waals surface area contributed by atoms with Crippen molar-refractivity contribution >= 4 is 11.6 Å². The summed E-state index contributed by atoms with van der Waals surface area (Å²) >= 11 is 0. The molecule has 3 rings (SSSR count). The number of rotatable bonds is 4. The van der Waals surface area contributed by atoms with Crippen LogP contribution in [-0.2, 0) is 11.3 Å². The van der Waals surface area contributed by atoms with Crippen LogP contribution in [-0.4, -0.2) is 12.7 Å². The number of benzene rings is 1. The van der Waals surface area contributed by atoms with E-state index in [1.165, 1.54) is 5.56 Å². The Morgan fingerprint density at radius 1 is 1.18 bits per heavy atom. The van der Waals surface area contributed by atoms with Crippen molar-refractivity contribution in [2.75, 3.05) is 12.1 Å². The van der Waals surface area contributed by atoms with Crippen LogP contribution >= 0.6 is 0 Å². The number of aryl methyl sites for hydroxylation is 2. The molecule has 0 atom stereocenters. The van der Waals surface area contributed by atoms with Gasteiger partial charge in [0.1, 0.15) is 0 Å². The summed E-state index contributed by atoms with van der Waals surface area (Å²) in [6.07, 6.45) is 4.37. The lowest BCUT2D eigenvalue weighted by Gasteiger charge is -2.05. The molecule has 6 heteroatoms. The summed E-state index contributed by atoms with van der Waals surface area (Å²) in [5.41, 5.74) is 1.93. The normalized spacial score (nSPS) is 11.7. The van der Waals surface area contributed by atoms with E-state index in [-0.39, 0.29) is 29.7 Å². The molecule has 5 nitrogen and oxygen atoms in total. The fourth-order valence-electron chi connectivity index (χ4n) is 2.11. The SMILES string of the molecule is Cc1cc[n+](CCC(=O)Nc2ccc3c(c2)OCO3)cc1.[Br-]. The van der Waals surface area contributed by atoms with Gasteiger partial charge in [0.15, 0.2) is 30.4 Å². The highest BCUT2D eigenvalue weighted by Crippen LogP contribution is 2.34. The van der Waals surface area contributed by atoms with E-state index >= 15 is 0 Å². The molecule has 0 spiro atoms. The number of halogens is 1. The number of hydrogen-bond donors (Lipinski definition) is 1. The number of amides is 1. The summed E-state index contributed by atoms with van der Waals surface area (Å²) in [6.45, 7) is 2.92. The summed E-state index contributed by atoms with van der Waals surface area (Å²) in [4.78, 5) is 12.0. The molecule has 0 saturated heterocycles. The van der Waals surface area contributed by atoms with Crippen molar-refractivity contribution < 1.29 is 35.8 Å². The smallest absolute Gasteiger partial charge is 0.231 e. The molecule has 2 aromatic rings. The number of ether oxygens (including phenoxy) is 2. The second-order valence-electron chi connectivity index (χ2n) is 4.98. The molecule has 1 aromatic heterocycles. The van der Waals surface area contributed by atoms with Gasteiger partial charge in [0.2, 0.25) is 12.7 Å². The zero-order valence-corrected chi connectivity index (χ0v) is 13.8. The predicted molar refractivity (Wildman–Crippen MR) is 77.2 cm³/mol. The number of carbonyl (C=O) groups is 1. The van der Waals surface area contributed by atoms with Gasteiger partial charge in [0, 0.05) is 23.9 Å². The van der Waals surface area contributed by atoms with E-state index in [0.717, 1.165) is 5.69 Å². The number of anilines is 1. The molecule has 1 N–H and O–H groups in total. The second-order valence-corrected chi connectivity index (χ2v) is 4.98. The summed E-state index contributed by atoms with van der Waals surface area (Å²) in [7, 11) is 0. The van der Waals surface area contributed by atoms with Gasteiger partial charge < -0.3 is 31.8 Å². The standard InChI is InChI=1S/C16H16N2O3.BrH/c1-12-4-7-18(8-5-12)9-6-16(19)17-13-2-3-14-15(10-13)21-11-20-14;/h2-5,7-8,10H,6,9,11H2,1H3;1H. The summed E-state index contributed by atoms with van der Waals surface area (Å²) in [6, 6.07) is 9.43. The molecule has 1 aliphatic rings. The highest BCUT2D eigenvalue weighted by atomic mass is 79.9. The van der Waals surface area contributed by atoms with Crippen LogP contribution in [0, 0.1) is 6.92 Å². The number of nitrogens with one attached hydrogen (secondary N) is 1. The predicted octanol–water partition coefficient (Wildman–Crippen LogP) is -0.956. The van der Waals surface area contributed by atoms with Gasteiger partial charge in [-0.3, -0.25) is 4.79 Å². The third-order valence-electron chi connectivity index (χ3n) is 3.31. The minimum Gasteiger partial charge on any atom is -1.00 e. The van der Waals surface area contributed by atoms with Crippen LogP contribution < -0.4 is 36.3 Å². The topological polar surface area (TPSA) is 51.4 Å². The van der Waals surface area contributed by atoms with Crippen molar-refractivity contribution in [1.82, 2.24) is 0 Å². The fourth-order valence-corrected chi connectivity index (χ4v) is 2.11. The molecule has 1 amide bonds. The average molecular weight is 365 g/mol. The van der Waals surface area contributed by atoms with Crippen molar-refractivity contribution in [1.29, 1.82) is 0 Å². The highest BCUT2D eigenvalue weighted by molar-refractivity contribution is 5.90. The minimum absolute atomic E-state index is 0. The lowest BCUT2D eigenvalue weighted by Crippen LogP contribution is -3.00. The molecule has 0 fully saturated rings. The fraction of sp³-hybridized carbons (Fsp3) is 0.250. The molecular weight excluding hydrogens is 348 g/mol. The monoisotopic (exact) mass is 364 g/mol. The Hall–Kier alpha value is -2.08. The maximum Gasteiger partial charge on any atom is 0.231 e. The molecule has 116 valence electrons. The van der Waals surface area contributed by atoms with Crippen molar-refractivity contribution in [3.05, 3.63) is 48.3 Å². The second kappa shape index (κ2) is 7.26. The lowest BCUT2D eigenvalue weighted by atomic mass is 10.2. The molecule has 2 heterocycles. The van der Waals surface area contributed by atoms with Crippen LogP contribution in [0.1, 0.15) is 12.0 Å².